The van der Waals surface area contributed by atoms with Gasteiger partial charge in [-0.05, 0) is 29.8 Å². The summed E-state index contributed by atoms with van der Waals surface area (Å²) in [6, 6.07) is 17.9. The molecule has 1 aliphatic heterocycles. The Bertz CT molecular complexity index is 1350. The maximum Gasteiger partial charge on any atom is 0.231 e. The molecule has 0 fully saturated rings. The van der Waals surface area contributed by atoms with Gasteiger partial charge in [0.15, 0.2) is 22.5 Å². The van der Waals surface area contributed by atoms with Crippen molar-refractivity contribution in [3.05, 3.63) is 83.9 Å². The topological polar surface area (TPSA) is 78.3 Å². The van der Waals surface area contributed by atoms with Crippen LogP contribution in [0.15, 0.2) is 71.9 Å². The van der Waals surface area contributed by atoms with Crippen LogP contribution in [0.5, 0.6) is 11.5 Å². The van der Waals surface area contributed by atoms with Crippen LogP contribution in [-0.4, -0.2) is 33.2 Å². The molecular formula is C24H18F2N4O3S. The van der Waals surface area contributed by atoms with Crippen LogP contribution < -0.4 is 14.8 Å². The Hall–Kier alpha value is -3.92. The molecule has 4 aromatic rings. The maximum absolute atomic E-state index is 14.7. The Kier molecular flexibility index (Phi) is 6.13. The average Bonchev–Trinajstić information content (AvgIpc) is 3.49. The van der Waals surface area contributed by atoms with Crippen LogP contribution in [0.25, 0.3) is 17.1 Å². The Morgan fingerprint density at radius 3 is 2.65 bits per heavy atom. The molecule has 0 saturated carbocycles. The van der Waals surface area contributed by atoms with E-state index in [0.717, 1.165) is 23.4 Å². The SMILES string of the molecule is O=C(CSc1nnc(-c2ccccc2)n1-c1ccc(F)cc1F)NCc1ccc2c(c1)OCO2. The number of halogens is 2. The van der Waals surface area contributed by atoms with Crippen LogP contribution in [0, 0.1) is 11.6 Å². The summed E-state index contributed by atoms with van der Waals surface area (Å²) in [4.78, 5) is 12.5. The number of amides is 1. The van der Waals surface area contributed by atoms with Crippen LogP contribution in [0.2, 0.25) is 0 Å². The number of hydrogen-bond donors (Lipinski definition) is 1. The lowest BCUT2D eigenvalue weighted by atomic mass is 10.2. The van der Waals surface area contributed by atoms with Crippen molar-refractivity contribution < 1.29 is 23.0 Å². The number of benzene rings is 3. The molecule has 10 heteroatoms. The van der Waals surface area contributed by atoms with E-state index in [4.69, 9.17) is 9.47 Å². The lowest BCUT2D eigenvalue weighted by Gasteiger charge is -2.11. The fourth-order valence-electron chi connectivity index (χ4n) is 3.45. The van der Waals surface area contributed by atoms with E-state index >= 15 is 0 Å². The number of fused-ring (bicyclic) bond motifs is 1. The second-order valence-corrected chi connectivity index (χ2v) is 8.30. The van der Waals surface area contributed by atoms with E-state index in [0.29, 0.717) is 34.6 Å². The molecule has 1 N–H and O–H groups in total. The quantitative estimate of drug-likeness (QED) is 0.397. The number of carbonyl (C=O) groups is 1. The standard InChI is InChI=1S/C24H18F2N4O3S/c25-17-7-8-19(18(26)11-17)30-23(16-4-2-1-3-5-16)28-29-24(30)34-13-22(31)27-12-15-6-9-20-21(10-15)33-14-32-20/h1-11H,12-14H2,(H,27,31). The Morgan fingerprint density at radius 2 is 1.82 bits per heavy atom. The molecule has 7 nitrogen and oxygen atoms in total. The fourth-order valence-corrected chi connectivity index (χ4v) is 4.22. The lowest BCUT2D eigenvalue weighted by molar-refractivity contribution is -0.118. The second kappa shape index (κ2) is 9.52. The van der Waals surface area contributed by atoms with Crippen molar-refractivity contribution in [2.24, 2.45) is 0 Å². The van der Waals surface area contributed by atoms with Gasteiger partial charge >= 0.3 is 0 Å². The summed E-state index contributed by atoms with van der Waals surface area (Å²) >= 11 is 1.11. The smallest absolute Gasteiger partial charge is 0.231 e. The fraction of sp³-hybridized carbons (Fsp3) is 0.125. The molecule has 3 aromatic carbocycles. The number of aromatic nitrogens is 3. The molecule has 1 amide bonds. The minimum absolute atomic E-state index is 0.0281. The van der Waals surface area contributed by atoms with Crippen LogP contribution in [0.4, 0.5) is 8.78 Å². The Morgan fingerprint density at radius 1 is 1.00 bits per heavy atom. The van der Waals surface area contributed by atoms with Crippen molar-refractivity contribution in [1.29, 1.82) is 0 Å². The third kappa shape index (κ3) is 4.58. The number of ether oxygens (including phenoxy) is 2. The van der Waals surface area contributed by atoms with Gasteiger partial charge in [-0.3, -0.25) is 9.36 Å². The molecule has 0 spiro atoms. The number of hydrogen-bond acceptors (Lipinski definition) is 6. The van der Waals surface area contributed by atoms with E-state index in [-0.39, 0.29) is 24.1 Å². The molecule has 0 saturated heterocycles. The second-order valence-electron chi connectivity index (χ2n) is 7.36. The summed E-state index contributed by atoms with van der Waals surface area (Å²) < 4.78 is 40.3. The van der Waals surface area contributed by atoms with Gasteiger partial charge in [0.1, 0.15) is 11.6 Å². The van der Waals surface area contributed by atoms with Crippen molar-refractivity contribution >= 4 is 17.7 Å². The highest BCUT2D eigenvalue weighted by Gasteiger charge is 2.20. The van der Waals surface area contributed by atoms with Gasteiger partial charge in [0.25, 0.3) is 0 Å². The zero-order chi connectivity index (χ0) is 23.5. The van der Waals surface area contributed by atoms with Gasteiger partial charge in [-0.1, -0.05) is 48.2 Å². The molecule has 0 bridgehead atoms. The summed E-state index contributed by atoms with van der Waals surface area (Å²) in [7, 11) is 0. The molecule has 0 unspecified atom stereocenters. The first-order valence-electron chi connectivity index (χ1n) is 10.3. The zero-order valence-electron chi connectivity index (χ0n) is 17.7. The molecule has 0 radical (unpaired) electrons. The molecule has 34 heavy (non-hydrogen) atoms. The van der Waals surface area contributed by atoms with Gasteiger partial charge in [-0.25, -0.2) is 8.78 Å². The van der Waals surface area contributed by atoms with Crippen LogP contribution in [0.1, 0.15) is 5.56 Å². The van der Waals surface area contributed by atoms with Gasteiger partial charge in [0.05, 0.1) is 11.4 Å². The van der Waals surface area contributed by atoms with Crippen LogP contribution in [0.3, 0.4) is 0 Å². The molecular weight excluding hydrogens is 462 g/mol. The number of rotatable bonds is 7. The monoisotopic (exact) mass is 480 g/mol. The summed E-state index contributed by atoms with van der Waals surface area (Å²) in [6.45, 7) is 0.493. The average molecular weight is 480 g/mol. The van der Waals surface area contributed by atoms with E-state index in [1.54, 1.807) is 6.07 Å². The van der Waals surface area contributed by atoms with Crippen LogP contribution >= 0.6 is 11.8 Å². The number of carbonyl (C=O) groups excluding carboxylic acids is 1. The molecule has 0 aliphatic carbocycles. The molecule has 1 aromatic heterocycles. The summed E-state index contributed by atoms with van der Waals surface area (Å²) in [5.41, 5.74) is 1.66. The van der Waals surface area contributed by atoms with E-state index in [1.165, 1.54) is 16.7 Å². The first-order chi connectivity index (χ1) is 16.6. The largest absolute Gasteiger partial charge is 0.454 e. The predicted molar refractivity (Wildman–Crippen MR) is 122 cm³/mol. The van der Waals surface area contributed by atoms with Crippen LogP contribution in [-0.2, 0) is 11.3 Å². The van der Waals surface area contributed by atoms with Crippen molar-refractivity contribution in [3.63, 3.8) is 0 Å². The Labute approximate surface area is 197 Å². The Balaban J connectivity index is 1.33. The van der Waals surface area contributed by atoms with Gasteiger partial charge in [0, 0.05) is 18.2 Å². The molecule has 1 aliphatic rings. The minimum atomic E-state index is -0.758. The number of thioether (sulfide) groups is 1. The van der Waals surface area contributed by atoms with Gasteiger partial charge in [-0.15, -0.1) is 10.2 Å². The minimum Gasteiger partial charge on any atom is -0.454 e. The molecule has 5 rings (SSSR count). The highest BCUT2D eigenvalue weighted by atomic mass is 32.2. The first kappa shape index (κ1) is 21.9. The summed E-state index contributed by atoms with van der Waals surface area (Å²) in [5, 5.41) is 11.5. The van der Waals surface area contributed by atoms with Crippen molar-refractivity contribution in [2.75, 3.05) is 12.5 Å². The van der Waals surface area contributed by atoms with E-state index in [9.17, 15) is 13.6 Å². The summed E-state index contributed by atoms with van der Waals surface area (Å²) in [6.07, 6.45) is 0. The molecule has 172 valence electrons. The van der Waals surface area contributed by atoms with Gasteiger partial charge in [-0.2, -0.15) is 0 Å². The summed E-state index contributed by atoms with van der Waals surface area (Å²) in [5.74, 6) is 0.0442. The first-order valence-corrected chi connectivity index (χ1v) is 11.3. The molecule has 0 atom stereocenters. The zero-order valence-corrected chi connectivity index (χ0v) is 18.5. The van der Waals surface area contributed by atoms with Crippen molar-refractivity contribution in [2.45, 2.75) is 11.7 Å². The van der Waals surface area contributed by atoms with Gasteiger partial charge < -0.3 is 14.8 Å². The highest BCUT2D eigenvalue weighted by molar-refractivity contribution is 7.99. The third-order valence-corrected chi connectivity index (χ3v) is 6.00. The normalized spacial score (nSPS) is 12.1. The molecule has 2 heterocycles. The maximum atomic E-state index is 14.7. The van der Waals surface area contributed by atoms with Crippen molar-refractivity contribution in [3.8, 4) is 28.6 Å². The van der Waals surface area contributed by atoms with E-state index in [1.807, 2.05) is 42.5 Å². The number of nitrogens with zero attached hydrogens (tertiary/aromatic N) is 3. The highest BCUT2D eigenvalue weighted by Crippen LogP contribution is 2.32. The van der Waals surface area contributed by atoms with E-state index in [2.05, 4.69) is 15.5 Å². The van der Waals surface area contributed by atoms with E-state index < -0.39 is 11.6 Å². The lowest BCUT2D eigenvalue weighted by Crippen LogP contribution is -2.24. The van der Waals surface area contributed by atoms with Gasteiger partial charge in [0.2, 0.25) is 12.7 Å². The predicted octanol–water partition coefficient (Wildman–Crippen LogP) is 4.35. The van der Waals surface area contributed by atoms with Crippen molar-refractivity contribution in [1.82, 2.24) is 20.1 Å². The number of nitrogens with one attached hydrogen (secondary N) is 1. The third-order valence-electron chi connectivity index (χ3n) is 5.08.